The Kier molecular flexibility index (Phi) is 5.70. The molecule has 2 aromatic rings. The molecule has 0 spiro atoms. The molecule has 6 N–H and O–H groups in total. The lowest BCUT2D eigenvalue weighted by molar-refractivity contribution is 0.233. The highest BCUT2D eigenvalue weighted by Crippen LogP contribution is 2.40. The third-order valence-corrected chi connectivity index (χ3v) is 4.02. The second-order valence-electron chi connectivity index (χ2n) is 5.08. The van der Waals surface area contributed by atoms with Gasteiger partial charge in [0.1, 0.15) is 5.75 Å². The topological polar surface area (TPSA) is 121 Å². The van der Waals surface area contributed by atoms with Gasteiger partial charge in [-0.2, -0.15) is 0 Å². The Bertz CT molecular complexity index is 663. The zero-order valence-corrected chi connectivity index (χ0v) is 12.5. The number of benzene rings is 2. The van der Waals surface area contributed by atoms with Gasteiger partial charge in [-0.3, -0.25) is 0 Å². The highest BCUT2D eigenvalue weighted by atomic mass is 16.3. The molecule has 0 fully saturated rings. The van der Waals surface area contributed by atoms with Gasteiger partial charge in [0, 0.05) is 5.56 Å². The van der Waals surface area contributed by atoms with Crippen LogP contribution in [0.5, 0.6) is 5.75 Å². The number of aliphatic hydroxyl groups is 5. The number of para-hydroxylation sites is 1. The maximum absolute atomic E-state index is 10.1. The van der Waals surface area contributed by atoms with Crippen LogP contribution in [0.4, 0.5) is 0 Å². The SMILES string of the molecule is OCc1c(CO)c(CO)c(-c2ccccc2O)c(CO)c1CO. The van der Waals surface area contributed by atoms with Crippen LogP contribution in [0.1, 0.15) is 27.8 Å². The number of rotatable bonds is 6. The molecule has 0 unspecified atom stereocenters. The Balaban J connectivity index is 2.97. The Morgan fingerprint density at radius 3 is 1.35 bits per heavy atom. The first-order chi connectivity index (χ1) is 11.1. The number of hydrogen-bond donors (Lipinski definition) is 6. The van der Waals surface area contributed by atoms with E-state index in [1.54, 1.807) is 18.2 Å². The van der Waals surface area contributed by atoms with Crippen molar-refractivity contribution in [2.45, 2.75) is 33.0 Å². The van der Waals surface area contributed by atoms with Crippen molar-refractivity contribution >= 4 is 0 Å². The van der Waals surface area contributed by atoms with Gasteiger partial charge in [-0.25, -0.2) is 0 Å². The molecule has 0 aromatic heterocycles. The molecular weight excluding hydrogens is 300 g/mol. The van der Waals surface area contributed by atoms with Gasteiger partial charge in [-0.05, 0) is 39.4 Å². The minimum Gasteiger partial charge on any atom is -0.507 e. The summed E-state index contributed by atoms with van der Waals surface area (Å²) in [6.07, 6.45) is 0. The van der Waals surface area contributed by atoms with Crippen LogP contribution in [-0.2, 0) is 33.0 Å². The molecule has 124 valence electrons. The second-order valence-corrected chi connectivity index (χ2v) is 5.08. The monoisotopic (exact) mass is 320 g/mol. The molecule has 0 saturated carbocycles. The van der Waals surface area contributed by atoms with Gasteiger partial charge in [0.05, 0.1) is 33.0 Å². The molecule has 6 heteroatoms. The van der Waals surface area contributed by atoms with Crippen molar-refractivity contribution in [3.8, 4) is 16.9 Å². The van der Waals surface area contributed by atoms with E-state index in [-0.39, 0.29) is 22.4 Å². The van der Waals surface area contributed by atoms with Crippen molar-refractivity contribution in [2.75, 3.05) is 0 Å². The van der Waals surface area contributed by atoms with E-state index in [0.29, 0.717) is 22.3 Å². The smallest absolute Gasteiger partial charge is 0.123 e. The summed E-state index contributed by atoms with van der Waals surface area (Å²) in [4.78, 5) is 0. The van der Waals surface area contributed by atoms with Crippen LogP contribution in [-0.4, -0.2) is 30.6 Å². The summed E-state index contributed by atoms with van der Waals surface area (Å²) in [5.41, 5.74) is 2.19. The van der Waals surface area contributed by atoms with E-state index in [4.69, 9.17) is 0 Å². The van der Waals surface area contributed by atoms with Gasteiger partial charge in [0.2, 0.25) is 0 Å². The fraction of sp³-hybridized carbons (Fsp3) is 0.294. The molecule has 0 amide bonds. The Morgan fingerprint density at radius 2 is 0.957 bits per heavy atom. The van der Waals surface area contributed by atoms with Crippen LogP contribution in [0, 0.1) is 0 Å². The summed E-state index contributed by atoms with van der Waals surface area (Å²) in [5.74, 6) is -0.0542. The van der Waals surface area contributed by atoms with Gasteiger partial charge in [-0.1, -0.05) is 18.2 Å². The maximum atomic E-state index is 10.1. The quantitative estimate of drug-likeness (QED) is 0.461. The number of hydrogen-bond acceptors (Lipinski definition) is 6. The largest absolute Gasteiger partial charge is 0.507 e. The first kappa shape index (κ1) is 17.4. The van der Waals surface area contributed by atoms with Crippen molar-refractivity contribution < 1.29 is 30.6 Å². The first-order valence-electron chi connectivity index (χ1n) is 7.15. The van der Waals surface area contributed by atoms with Crippen LogP contribution in [0.25, 0.3) is 11.1 Å². The normalized spacial score (nSPS) is 11.0. The molecule has 0 aliphatic carbocycles. The number of phenols is 1. The fourth-order valence-electron chi connectivity index (χ4n) is 2.96. The molecule has 0 saturated heterocycles. The lowest BCUT2D eigenvalue weighted by atomic mass is 9.84. The van der Waals surface area contributed by atoms with Gasteiger partial charge in [0.15, 0.2) is 0 Å². The molecular formula is C17H20O6. The Hall–Kier alpha value is -1.96. The van der Waals surface area contributed by atoms with Gasteiger partial charge in [0.25, 0.3) is 0 Å². The van der Waals surface area contributed by atoms with E-state index in [2.05, 4.69) is 0 Å². The van der Waals surface area contributed by atoms with E-state index < -0.39 is 33.0 Å². The highest BCUT2D eigenvalue weighted by Gasteiger charge is 2.24. The number of aromatic hydroxyl groups is 1. The van der Waals surface area contributed by atoms with Crippen molar-refractivity contribution in [1.29, 1.82) is 0 Å². The van der Waals surface area contributed by atoms with E-state index in [0.717, 1.165) is 0 Å². The molecule has 0 radical (unpaired) electrons. The molecule has 0 aliphatic rings. The summed E-state index contributed by atoms with van der Waals surface area (Å²) in [7, 11) is 0. The van der Waals surface area contributed by atoms with E-state index in [1.165, 1.54) is 6.07 Å². The van der Waals surface area contributed by atoms with Crippen LogP contribution >= 0.6 is 0 Å². The molecule has 0 bridgehead atoms. The molecule has 0 aliphatic heterocycles. The average molecular weight is 320 g/mol. The van der Waals surface area contributed by atoms with Gasteiger partial charge in [-0.15, -0.1) is 0 Å². The summed E-state index contributed by atoms with van der Waals surface area (Å²) >= 11 is 0. The predicted molar refractivity (Wildman–Crippen MR) is 83.2 cm³/mol. The fourth-order valence-corrected chi connectivity index (χ4v) is 2.96. The molecule has 2 aromatic carbocycles. The van der Waals surface area contributed by atoms with Crippen molar-refractivity contribution in [3.63, 3.8) is 0 Å². The van der Waals surface area contributed by atoms with E-state index in [9.17, 15) is 30.6 Å². The van der Waals surface area contributed by atoms with Crippen LogP contribution in [0.15, 0.2) is 24.3 Å². The van der Waals surface area contributed by atoms with Crippen LogP contribution < -0.4 is 0 Å². The summed E-state index contributed by atoms with van der Waals surface area (Å²) in [5, 5.41) is 58.6. The predicted octanol–water partition coefficient (Wildman–Crippen LogP) is 0.521. The molecule has 0 atom stereocenters. The lowest BCUT2D eigenvalue weighted by Gasteiger charge is -2.23. The minimum atomic E-state index is -0.453. The Labute approximate surface area is 133 Å². The van der Waals surface area contributed by atoms with Gasteiger partial charge >= 0.3 is 0 Å². The Morgan fingerprint density at radius 1 is 0.565 bits per heavy atom. The van der Waals surface area contributed by atoms with Crippen molar-refractivity contribution in [1.82, 2.24) is 0 Å². The van der Waals surface area contributed by atoms with Crippen LogP contribution in [0.3, 0.4) is 0 Å². The second kappa shape index (κ2) is 7.54. The number of phenolic OH excluding ortho intramolecular Hbond substituents is 1. The average Bonchev–Trinajstić information content (AvgIpc) is 2.59. The standard InChI is InChI=1S/C17H20O6/c18-5-11-12(6-19)14(8-21)17(15(9-22)13(11)7-20)10-3-1-2-4-16(10)23/h1-4,18-23H,5-9H2. The molecule has 6 nitrogen and oxygen atoms in total. The lowest BCUT2D eigenvalue weighted by Crippen LogP contribution is -2.12. The van der Waals surface area contributed by atoms with Crippen molar-refractivity contribution in [2.24, 2.45) is 0 Å². The summed E-state index contributed by atoms with van der Waals surface area (Å²) in [6.45, 7) is -2.26. The zero-order chi connectivity index (χ0) is 17.0. The molecule has 2 rings (SSSR count). The minimum absolute atomic E-state index is 0.0542. The highest BCUT2D eigenvalue weighted by molar-refractivity contribution is 5.79. The first-order valence-corrected chi connectivity index (χ1v) is 7.15. The summed E-state index contributed by atoms with van der Waals surface area (Å²) < 4.78 is 0. The van der Waals surface area contributed by atoms with E-state index in [1.807, 2.05) is 0 Å². The van der Waals surface area contributed by atoms with E-state index >= 15 is 0 Å². The molecule has 23 heavy (non-hydrogen) atoms. The maximum Gasteiger partial charge on any atom is 0.123 e. The van der Waals surface area contributed by atoms with Crippen LogP contribution in [0.2, 0.25) is 0 Å². The van der Waals surface area contributed by atoms with Gasteiger partial charge < -0.3 is 30.6 Å². The summed E-state index contributed by atoms with van der Waals surface area (Å²) in [6, 6.07) is 6.41. The third kappa shape index (κ3) is 2.95. The molecule has 0 heterocycles. The number of aliphatic hydroxyl groups excluding tert-OH is 5. The van der Waals surface area contributed by atoms with Crippen molar-refractivity contribution in [3.05, 3.63) is 52.1 Å². The zero-order valence-electron chi connectivity index (χ0n) is 12.5. The third-order valence-electron chi connectivity index (χ3n) is 4.02.